The first-order chi connectivity index (χ1) is 9.63. The molecule has 3 aromatic rings. The third-order valence-electron chi connectivity index (χ3n) is 4.40. The van der Waals surface area contributed by atoms with Crippen molar-refractivity contribution < 1.29 is 0 Å². The molecule has 0 saturated heterocycles. The normalized spacial score (nSPS) is 11.8. The largest absolute Gasteiger partial charge is 0.0870 e. The van der Waals surface area contributed by atoms with E-state index in [1.165, 1.54) is 43.8 Å². The standard InChI is InChI=1S/C20H20/c1-5-8-18-13(2)14(3)19-11-16-9-6-7-10-17(16)12-20(19)15(18)4/h5-12H,1-4H3/b8-5-. The van der Waals surface area contributed by atoms with Gasteiger partial charge in [-0.15, -0.1) is 0 Å². The molecule has 0 heterocycles. The van der Waals surface area contributed by atoms with Crippen molar-refractivity contribution in [3.8, 4) is 0 Å². The Balaban J connectivity index is 2.52. The fourth-order valence-corrected chi connectivity index (χ4v) is 3.11. The van der Waals surface area contributed by atoms with E-state index in [1.54, 1.807) is 0 Å². The first-order valence-corrected chi connectivity index (χ1v) is 7.18. The van der Waals surface area contributed by atoms with E-state index in [4.69, 9.17) is 0 Å². The molecule has 0 N–H and O–H groups in total. The van der Waals surface area contributed by atoms with Crippen LogP contribution in [-0.4, -0.2) is 0 Å². The Morgan fingerprint density at radius 2 is 1.30 bits per heavy atom. The maximum Gasteiger partial charge on any atom is -0.0140 e. The molecule has 0 bridgehead atoms. The fraction of sp³-hybridized carbons (Fsp3) is 0.200. The molecule has 0 fully saturated rings. The summed E-state index contributed by atoms with van der Waals surface area (Å²) in [6.45, 7) is 8.78. The highest BCUT2D eigenvalue weighted by Gasteiger charge is 2.10. The number of hydrogen-bond donors (Lipinski definition) is 0. The summed E-state index contributed by atoms with van der Waals surface area (Å²) in [7, 11) is 0. The van der Waals surface area contributed by atoms with Gasteiger partial charge in [-0.3, -0.25) is 0 Å². The van der Waals surface area contributed by atoms with Gasteiger partial charge in [0, 0.05) is 0 Å². The lowest BCUT2D eigenvalue weighted by Gasteiger charge is -2.15. The highest BCUT2D eigenvalue weighted by molar-refractivity contribution is 6.02. The van der Waals surface area contributed by atoms with E-state index in [9.17, 15) is 0 Å². The average Bonchev–Trinajstić information content (AvgIpc) is 2.48. The van der Waals surface area contributed by atoms with Crippen LogP contribution in [0.15, 0.2) is 42.5 Å². The summed E-state index contributed by atoms with van der Waals surface area (Å²) in [4.78, 5) is 0. The van der Waals surface area contributed by atoms with E-state index >= 15 is 0 Å². The van der Waals surface area contributed by atoms with Crippen LogP contribution >= 0.6 is 0 Å². The molecule has 0 aliphatic carbocycles. The van der Waals surface area contributed by atoms with Crippen LogP contribution in [-0.2, 0) is 0 Å². The average molecular weight is 260 g/mol. The number of benzene rings is 3. The molecule has 0 saturated carbocycles. The molecular weight excluding hydrogens is 240 g/mol. The summed E-state index contributed by atoms with van der Waals surface area (Å²) in [6.07, 6.45) is 4.36. The number of fused-ring (bicyclic) bond motifs is 2. The van der Waals surface area contributed by atoms with E-state index in [2.05, 4.69) is 76.2 Å². The maximum absolute atomic E-state index is 2.33. The Bertz CT molecular complexity index is 836. The smallest absolute Gasteiger partial charge is 0.0140 e. The lowest BCUT2D eigenvalue weighted by atomic mass is 9.89. The SMILES string of the molecule is C/C=C\c1c(C)c(C)c2cc3ccccc3cc2c1C. The molecule has 0 atom stereocenters. The minimum atomic E-state index is 1.32. The van der Waals surface area contributed by atoms with Gasteiger partial charge in [-0.05, 0) is 83.6 Å². The van der Waals surface area contributed by atoms with Crippen LogP contribution < -0.4 is 0 Å². The first kappa shape index (κ1) is 12.9. The van der Waals surface area contributed by atoms with Crippen molar-refractivity contribution in [1.82, 2.24) is 0 Å². The lowest BCUT2D eigenvalue weighted by Crippen LogP contribution is -1.94. The molecule has 20 heavy (non-hydrogen) atoms. The van der Waals surface area contributed by atoms with Gasteiger partial charge in [-0.2, -0.15) is 0 Å². The summed E-state index contributed by atoms with van der Waals surface area (Å²) in [5.41, 5.74) is 5.53. The number of hydrogen-bond acceptors (Lipinski definition) is 0. The van der Waals surface area contributed by atoms with Crippen LogP contribution in [0.3, 0.4) is 0 Å². The van der Waals surface area contributed by atoms with Crippen LogP contribution in [0.4, 0.5) is 0 Å². The molecular formula is C20H20. The molecule has 0 aromatic heterocycles. The van der Waals surface area contributed by atoms with E-state index in [0.29, 0.717) is 0 Å². The predicted octanol–water partition coefficient (Wildman–Crippen LogP) is 5.95. The third-order valence-corrected chi connectivity index (χ3v) is 4.40. The molecule has 0 radical (unpaired) electrons. The molecule has 0 nitrogen and oxygen atoms in total. The zero-order chi connectivity index (χ0) is 14.3. The molecule has 100 valence electrons. The van der Waals surface area contributed by atoms with Crippen molar-refractivity contribution in [3.63, 3.8) is 0 Å². The van der Waals surface area contributed by atoms with Gasteiger partial charge in [0.15, 0.2) is 0 Å². The Morgan fingerprint density at radius 1 is 0.750 bits per heavy atom. The fourth-order valence-electron chi connectivity index (χ4n) is 3.11. The Kier molecular flexibility index (Phi) is 3.10. The van der Waals surface area contributed by atoms with E-state index in [-0.39, 0.29) is 0 Å². The minimum absolute atomic E-state index is 1.32. The van der Waals surface area contributed by atoms with E-state index in [0.717, 1.165) is 0 Å². The second-order valence-corrected chi connectivity index (χ2v) is 5.53. The Labute approximate surface area is 120 Å². The number of rotatable bonds is 1. The van der Waals surface area contributed by atoms with Crippen molar-refractivity contribution in [2.75, 3.05) is 0 Å². The van der Waals surface area contributed by atoms with Gasteiger partial charge in [-0.25, -0.2) is 0 Å². The van der Waals surface area contributed by atoms with Gasteiger partial charge in [0.05, 0.1) is 0 Å². The summed E-state index contributed by atoms with van der Waals surface area (Å²) >= 11 is 0. The highest BCUT2D eigenvalue weighted by Crippen LogP contribution is 2.33. The Morgan fingerprint density at radius 3 is 1.85 bits per heavy atom. The zero-order valence-corrected chi connectivity index (χ0v) is 12.6. The molecule has 0 spiro atoms. The molecule has 0 aliphatic rings. The highest BCUT2D eigenvalue weighted by atomic mass is 14.1. The summed E-state index contributed by atoms with van der Waals surface area (Å²) < 4.78 is 0. The van der Waals surface area contributed by atoms with Crippen LogP contribution in [0.2, 0.25) is 0 Å². The van der Waals surface area contributed by atoms with Crippen molar-refractivity contribution in [2.24, 2.45) is 0 Å². The van der Waals surface area contributed by atoms with Crippen LogP contribution in [0.5, 0.6) is 0 Å². The summed E-state index contributed by atoms with van der Waals surface area (Å²) in [6, 6.07) is 13.3. The van der Waals surface area contributed by atoms with Crippen LogP contribution in [0, 0.1) is 20.8 Å². The second-order valence-electron chi connectivity index (χ2n) is 5.53. The van der Waals surface area contributed by atoms with Gasteiger partial charge in [-0.1, -0.05) is 36.4 Å². The van der Waals surface area contributed by atoms with Crippen molar-refractivity contribution >= 4 is 27.6 Å². The lowest BCUT2D eigenvalue weighted by molar-refractivity contribution is 1.32. The van der Waals surface area contributed by atoms with Crippen molar-refractivity contribution in [1.29, 1.82) is 0 Å². The van der Waals surface area contributed by atoms with Gasteiger partial charge in [0.25, 0.3) is 0 Å². The van der Waals surface area contributed by atoms with Crippen molar-refractivity contribution in [2.45, 2.75) is 27.7 Å². The van der Waals surface area contributed by atoms with Gasteiger partial charge >= 0.3 is 0 Å². The predicted molar refractivity (Wildman–Crippen MR) is 90.4 cm³/mol. The number of allylic oxidation sites excluding steroid dienone is 1. The van der Waals surface area contributed by atoms with Crippen molar-refractivity contribution in [3.05, 3.63) is 64.7 Å². The Hall–Kier alpha value is -2.08. The molecule has 3 rings (SSSR count). The molecule has 0 heteroatoms. The first-order valence-electron chi connectivity index (χ1n) is 7.18. The third kappa shape index (κ3) is 1.84. The van der Waals surface area contributed by atoms with Crippen LogP contribution in [0.1, 0.15) is 29.2 Å². The van der Waals surface area contributed by atoms with E-state index in [1.807, 2.05) is 0 Å². The second kappa shape index (κ2) is 4.79. The van der Waals surface area contributed by atoms with E-state index < -0.39 is 0 Å². The van der Waals surface area contributed by atoms with Gasteiger partial charge < -0.3 is 0 Å². The summed E-state index contributed by atoms with van der Waals surface area (Å²) in [5.74, 6) is 0. The molecule has 0 unspecified atom stereocenters. The molecule has 0 aliphatic heterocycles. The molecule has 0 amide bonds. The topological polar surface area (TPSA) is 0 Å². The van der Waals surface area contributed by atoms with Gasteiger partial charge in [0.1, 0.15) is 0 Å². The van der Waals surface area contributed by atoms with Gasteiger partial charge in [0.2, 0.25) is 0 Å². The van der Waals surface area contributed by atoms with Crippen LogP contribution in [0.25, 0.3) is 27.6 Å². The minimum Gasteiger partial charge on any atom is -0.0870 e. The summed E-state index contributed by atoms with van der Waals surface area (Å²) in [5, 5.41) is 5.39. The maximum atomic E-state index is 2.33. The number of aryl methyl sites for hydroxylation is 2. The monoisotopic (exact) mass is 260 g/mol. The quantitative estimate of drug-likeness (QED) is 0.474. The zero-order valence-electron chi connectivity index (χ0n) is 12.6. The molecule has 3 aromatic carbocycles.